The first-order valence-corrected chi connectivity index (χ1v) is 8.60. The highest BCUT2D eigenvalue weighted by Crippen LogP contribution is 2.24. The molecule has 4 aromatic rings. The molecule has 0 amide bonds. The van der Waals surface area contributed by atoms with Crippen LogP contribution >= 0.6 is 0 Å². The molecule has 2 aromatic heterocycles. The molecule has 0 unspecified atom stereocenters. The van der Waals surface area contributed by atoms with E-state index in [1.165, 1.54) is 0 Å². The molecule has 26 heavy (non-hydrogen) atoms. The van der Waals surface area contributed by atoms with E-state index in [1.54, 1.807) is 12.1 Å². The number of hydrogen-bond donors (Lipinski definition) is 0. The van der Waals surface area contributed by atoms with Gasteiger partial charge in [-0.2, -0.15) is 10.5 Å². The van der Waals surface area contributed by atoms with Gasteiger partial charge in [-0.25, -0.2) is 0 Å². The van der Waals surface area contributed by atoms with Crippen molar-refractivity contribution in [2.75, 3.05) is 0 Å². The summed E-state index contributed by atoms with van der Waals surface area (Å²) in [7, 11) is 0. The molecule has 4 heteroatoms. The van der Waals surface area contributed by atoms with Gasteiger partial charge in [-0.1, -0.05) is 0 Å². The summed E-state index contributed by atoms with van der Waals surface area (Å²) in [5, 5.41) is 19.9. The van der Waals surface area contributed by atoms with Crippen LogP contribution in [0.1, 0.15) is 35.5 Å². The molecule has 0 atom stereocenters. The monoisotopic (exact) mass is 340 g/mol. The van der Waals surface area contributed by atoms with E-state index in [-0.39, 0.29) is 0 Å². The number of hydrogen-bond acceptors (Lipinski definition) is 4. The number of furan rings is 2. The van der Waals surface area contributed by atoms with Gasteiger partial charge in [0.05, 0.1) is 23.3 Å². The number of nitrogens with zero attached hydrogens (tertiary/aromatic N) is 2. The zero-order valence-corrected chi connectivity index (χ0v) is 14.2. The summed E-state index contributed by atoms with van der Waals surface area (Å²) in [4.78, 5) is 0. The molecular weight excluding hydrogens is 324 g/mol. The minimum absolute atomic E-state index is 0.647. The van der Waals surface area contributed by atoms with Crippen LogP contribution < -0.4 is 0 Å². The van der Waals surface area contributed by atoms with Crippen LogP contribution in [-0.4, -0.2) is 0 Å². The van der Waals surface area contributed by atoms with Crippen molar-refractivity contribution in [3.63, 3.8) is 0 Å². The number of aryl methyl sites for hydroxylation is 2. The fraction of sp³-hybridized carbons (Fsp3) is 0.182. The van der Waals surface area contributed by atoms with E-state index in [0.29, 0.717) is 11.1 Å². The number of rotatable bonds is 5. The Balaban J connectivity index is 1.36. The van der Waals surface area contributed by atoms with E-state index in [2.05, 4.69) is 12.1 Å². The Kier molecular flexibility index (Phi) is 4.17. The van der Waals surface area contributed by atoms with Gasteiger partial charge in [0.1, 0.15) is 22.7 Å². The van der Waals surface area contributed by atoms with Gasteiger partial charge in [-0.15, -0.1) is 0 Å². The Bertz CT molecular complexity index is 1070. The quantitative estimate of drug-likeness (QED) is 0.450. The lowest BCUT2D eigenvalue weighted by molar-refractivity contribution is 0.509. The Labute approximate surface area is 150 Å². The van der Waals surface area contributed by atoms with Crippen LogP contribution in [0.4, 0.5) is 0 Å². The lowest BCUT2D eigenvalue weighted by atomic mass is 10.1. The smallest absolute Gasteiger partial charge is 0.134 e. The molecule has 2 heterocycles. The van der Waals surface area contributed by atoms with Crippen LogP contribution in [0.2, 0.25) is 0 Å². The van der Waals surface area contributed by atoms with Crippen molar-refractivity contribution in [2.45, 2.75) is 25.7 Å². The van der Waals surface area contributed by atoms with E-state index in [1.807, 2.05) is 36.4 Å². The molecule has 4 rings (SSSR count). The zero-order valence-electron chi connectivity index (χ0n) is 14.2. The van der Waals surface area contributed by atoms with Gasteiger partial charge in [0, 0.05) is 23.6 Å². The Morgan fingerprint density at radius 2 is 1.12 bits per heavy atom. The van der Waals surface area contributed by atoms with Crippen LogP contribution in [0, 0.1) is 22.7 Å². The van der Waals surface area contributed by atoms with Crippen LogP contribution in [0.5, 0.6) is 0 Å². The minimum Gasteiger partial charge on any atom is -0.461 e. The molecule has 4 nitrogen and oxygen atoms in total. The Morgan fingerprint density at radius 1 is 0.654 bits per heavy atom. The van der Waals surface area contributed by atoms with E-state index in [0.717, 1.165) is 59.1 Å². The molecule has 0 fully saturated rings. The SMILES string of the molecule is N#Cc1ccc2oc(CCCCc3cc4cc(C#N)ccc4o3)cc2c1. The molecule has 0 saturated heterocycles. The van der Waals surface area contributed by atoms with E-state index < -0.39 is 0 Å². The standard InChI is InChI=1S/C22H16N2O2/c23-13-15-5-7-21-17(9-15)11-19(25-21)3-1-2-4-20-12-18-10-16(14-24)6-8-22(18)26-20/h5-12H,1-4H2. The van der Waals surface area contributed by atoms with Gasteiger partial charge in [0.2, 0.25) is 0 Å². The number of benzene rings is 2. The van der Waals surface area contributed by atoms with Gasteiger partial charge >= 0.3 is 0 Å². The third-order valence-electron chi connectivity index (χ3n) is 4.49. The van der Waals surface area contributed by atoms with Crippen LogP contribution in [0.25, 0.3) is 21.9 Å². The third kappa shape index (κ3) is 3.18. The molecule has 0 bridgehead atoms. The molecule has 0 aliphatic carbocycles. The molecule has 0 N–H and O–H groups in total. The molecule has 0 aliphatic rings. The van der Waals surface area contributed by atoms with Crippen molar-refractivity contribution in [3.8, 4) is 12.1 Å². The molecule has 0 spiro atoms. The number of unbranched alkanes of at least 4 members (excludes halogenated alkanes) is 1. The minimum atomic E-state index is 0.647. The Hall–Kier alpha value is -3.50. The number of nitriles is 2. The lowest BCUT2D eigenvalue weighted by Crippen LogP contribution is -1.86. The van der Waals surface area contributed by atoms with Crippen LogP contribution in [0.15, 0.2) is 57.4 Å². The third-order valence-corrected chi connectivity index (χ3v) is 4.49. The summed E-state index contributed by atoms with van der Waals surface area (Å²) in [6.45, 7) is 0. The maximum atomic E-state index is 8.96. The molecular formula is C22H16N2O2. The summed E-state index contributed by atoms with van der Waals surface area (Å²) in [6.07, 6.45) is 3.70. The van der Waals surface area contributed by atoms with Crippen molar-refractivity contribution in [1.82, 2.24) is 0 Å². The average Bonchev–Trinajstić information content (AvgIpc) is 3.26. The largest absolute Gasteiger partial charge is 0.461 e. The van der Waals surface area contributed by atoms with E-state index in [4.69, 9.17) is 19.4 Å². The first-order chi connectivity index (χ1) is 12.7. The highest BCUT2D eigenvalue weighted by molar-refractivity contribution is 5.80. The maximum absolute atomic E-state index is 8.96. The summed E-state index contributed by atoms with van der Waals surface area (Å²) >= 11 is 0. The van der Waals surface area contributed by atoms with Gasteiger partial charge in [0.15, 0.2) is 0 Å². The summed E-state index contributed by atoms with van der Waals surface area (Å²) in [5.74, 6) is 1.89. The van der Waals surface area contributed by atoms with Gasteiger partial charge in [-0.05, 0) is 61.4 Å². The fourth-order valence-electron chi connectivity index (χ4n) is 3.18. The predicted molar refractivity (Wildman–Crippen MR) is 98.5 cm³/mol. The number of fused-ring (bicyclic) bond motifs is 2. The fourth-order valence-corrected chi connectivity index (χ4v) is 3.18. The zero-order chi connectivity index (χ0) is 17.9. The van der Waals surface area contributed by atoms with Crippen molar-refractivity contribution in [3.05, 3.63) is 71.2 Å². The normalized spacial score (nSPS) is 10.8. The van der Waals surface area contributed by atoms with Crippen molar-refractivity contribution < 1.29 is 8.83 Å². The maximum Gasteiger partial charge on any atom is 0.134 e. The van der Waals surface area contributed by atoms with Gasteiger partial charge in [-0.3, -0.25) is 0 Å². The highest BCUT2D eigenvalue weighted by atomic mass is 16.3. The molecule has 0 saturated carbocycles. The molecule has 2 aromatic carbocycles. The first-order valence-electron chi connectivity index (χ1n) is 8.60. The molecule has 0 aliphatic heterocycles. The summed E-state index contributed by atoms with van der Waals surface area (Å²) in [5.41, 5.74) is 2.94. The van der Waals surface area contributed by atoms with Crippen LogP contribution in [0.3, 0.4) is 0 Å². The molecule has 126 valence electrons. The van der Waals surface area contributed by atoms with Crippen molar-refractivity contribution >= 4 is 21.9 Å². The summed E-state index contributed by atoms with van der Waals surface area (Å²) < 4.78 is 11.7. The van der Waals surface area contributed by atoms with Crippen molar-refractivity contribution in [1.29, 1.82) is 10.5 Å². The summed E-state index contributed by atoms with van der Waals surface area (Å²) in [6, 6.07) is 19.3. The average molecular weight is 340 g/mol. The van der Waals surface area contributed by atoms with Crippen LogP contribution in [-0.2, 0) is 12.8 Å². The highest BCUT2D eigenvalue weighted by Gasteiger charge is 2.07. The molecule has 0 radical (unpaired) electrons. The van der Waals surface area contributed by atoms with Crippen molar-refractivity contribution in [2.24, 2.45) is 0 Å². The second kappa shape index (κ2) is 6.78. The van der Waals surface area contributed by atoms with Gasteiger partial charge < -0.3 is 8.83 Å². The first kappa shape index (κ1) is 16.0. The topological polar surface area (TPSA) is 73.9 Å². The second-order valence-corrected chi connectivity index (χ2v) is 6.36. The van der Waals surface area contributed by atoms with E-state index in [9.17, 15) is 0 Å². The van der Waals surface area contributed by atoms with E-state index >= 15 is 0 Å². The Morgan fingerprint density at radius 3 is 1.54 bits per heavy atom. The predicted octanol–water partition coefficient (Wildman–Crippen LogP) is 5.49. The van der Waals surface area contributed by atoms with Gasteiger partial charge in [0.25, 0.3) is 0 Å². The second-order valence-electron chi connectivity index (χ2n) is 6.36. The lowest BCUT2D eigenvalue weighted by Gasteiger charge is -1.97.